The van der Waals surface area contributed by atoms with Crippen LogP contribution in [0.3, 0.4) is 0 Å². The lowest BCUT2D eigenvalue weighted by Gasteiger charge is -2.14. The first kappa shape index (κ1) is 20.2. The van der Waals surface area contributed by atoms with Crippen LogP contribution in [0.15, 0.2) is 55.0 Å². The Morgan fingerprint density at radius 1 is 1.12 bits per heavy atom. The number of rotatable bonds is 5. The molecule has 2 aromatic carbocycles. The van der Waals surface area contributed by atoms with Crippen molar-refractivity contribution in [2.24, 2.45) is 0 Å². The highest BCUT2D eigenvalue weighted by Crippen LogP contribution is 2.33. The third-order valence-electron chi connectivity index (χ3n) is 5.82. The van der Waals surface area contributed by atoms with Crippen molar-refractivity contribution in [3.63, 3.8) is 0 Å². The quantitative estimate of drug-likeness (QED) is 0.482. The zero-order chi connectivity index (χ0) is 22.1. The molecule has 1 aliphatic rings. The summed E-state index contributed by atoms with van der Waals surface area (Å²) in [7, 11) is 1.65. The fourth-order valence-electron chi connectivity index (χ4n) is 4.23. The molecule has 0 amide bonds. The average Bonchev–Trinajstić information content (AvgIpc) is 3.35. The summed E-state index contributed by atoms with van der Waals surface area (Å²) in [5.41, 5.74) is 3.74. The summed E-state index contributed by atoms with van der Waals surface area (Å²) in [5.74, 6) is 2.05. The molecule has 0 saturated heterocycles. The monoisotopic (exact) mass is 432 g/mol. The normalized spacial score (nSPS) is 15.8. The number of aryl methyl sites for hydroxylation is 2. The maximum Gasteiger partial charge on any atom is 0.246 e. The van der Waals surface area contributed by atoms with Gasteiger partial charge in [0.25, 0.3) is 0 Å². The SMILES string of the molecule is COc1cc(Nc2nc3n(n2)CCCC[C@@H]3c2ccc(F)cc2)ccc1-n1cnc(C)c1. The van der Waals surface area contributed by atoms with Crippen LogP contribution in [0.25, 0.3) is 5.69 Å². The Kier molecular flexibility index (Phi) is 5.34. The molecule has 4 aromatic rings. The Bertz CT molecular complexity index is 1230. The van der Waals surface area contributed by atoms with Gasteiger partial charge in [0.1, 0.15) is 17.4 Å². The molecular formula is C24H25FN6O. The van der Waals surface area contributed by atoms with Gasteiger partial charge < -0.3 is 14.6 Å². The molecule has 0 bridgehead atoms. The van der Waals surface area contributed by atoms with Crippen molar-refractivity contribution >= 4 is 11.6 Å². The van der Waals surface area contributed by atoms with Gasteiger partial charge in [-0.15, -0.1) is 5.10 Å². The van der Waals surface area contributed by atoms with Crippen molar-refractivity contribution in [2.45, 2.75) is 38.6 Å². The van der Waals surface area contributed by atoms with Crippen LogP contribution in [0.2, 0.25) is 0 Å². The van der Waals surface area contributed by atoms with E-state index in [2.05, 4.69) is 10.3 Å². The molecule has 0 unspecified atom stereocenters. The van der Waals surface area contributed by atoms with Gasteiger partial charge in [-0.2, -0.15) is 4.98 Å². The van der Waals surface area contributed by atoms with Crippen LogP contribution in [0.5, 0.6) is 5.75 Å². The smallest absolute Gasteiger partial charge is 0.246 e. The number of ether oxygens (including phenoxy) is 1. The summed E-state index contributed by atoms with van der Waals surface area (Å²) >= 11 is 0. The van der Waals surface area contributed by atoms with Crippen molar-refractivity contribution < 1.29 is 9.13 Å². The molecule has 1 aliphatic heterocycles. The molecular weight excluding hydrogens is 407 g/mol. The zero-order valence-corrected chi connectivity index (χ0v) is 18.1. The minimum atomic E-state index is -0.227. The third kappa shape index (κ3) is 3.95. The van der Waals surface area contributed by atoms with Gasteiger partial charge >= 0.3 is 0 Å². The van der Waals surface area contributed by atoms with E-state index in [1.807, 2.05) is 52.7 Å². The second kappa shape index (κ2) is 8.45. The molecule has 164 valence electrons. The predicted molar refractivity (Wildman–Crippen MR) is 120 cm³/mol. The number of nitrogens with zero attached hydrogens (tertiary/aromatic N) is 5. The molecule has 0 aliphatic carbocycles. The number of aromatic nitrogens is 5. The highest BCUT2D eigenvalue weighted by atomic mass is 19.1. The largest absolute Gasteiger partial charge is 0.494 e. The molecule has 8 heteroatoms. The number of fused-ring (bicyclic) bond motifs is 1. The number of nitrogens with one attached hydrogen (secondary N) is 1. The number of anilines is 2. The molecule has 0 fully saturated rings. The van der Waals surface area contributed by atoms with Gasteiger partial charge in [-0.1, -0.05) is 18.6 Å². The Hall–Kier alpha value is -3.68. The van der Waals surface area contributed by atoms with E-state index in [1.165, 1.54) is 12.1 Å². The van der Waals surface area contributed by atoms with Crippen LogP contribution in [0.4, 0.5) is 16.0 Å². The maximum absolute atomic E-state index is 13.4. The van der Waals surface area contributed by atoms with E-state index in [9.17, 15) is 4.39 Å². The lowest BCUT2D eigenvalue weighted by molar-refractivity contribution is 0.413. The number of hydrogen-bond donors (Lipinski definition) is 1. The van der Waals surface area contributed by atoms with E-state index < -0.39 is 0 Å². The Morgan fingerprint density at radius 3 is 2.72 bits per heavy atom. The van der Waals surface area contributed by atoms with Gasteiger partial charge in [0.2, 0.25) is 5.95 Å². The number of methoxy groups -OCH3 is 1. The van der Waals surface area contributed by atoms with E-state index in [0.29, 0.717) is 5.95 Å². The van der Waals surface area contributed by atoms with Crippen LogP contribution in [-0.4, -0.2) is 31.4 Å². The summed E-state index contributed by atoms with van der Waals surface area (Å²) in [6.45, 7) is 2.77. The molecule has 1 N–H and O–H groups in total. The van der Waals surface area contributed by atoms with Gasteiger partial charge in [0, 0.05) is 30.4 Å². The van der Waals surface area contributed by atoms with Crippen LogP contribution >= 0.6 is 0 Å². The molecule has 32 heavy (non-hydrogen) atoms. The van der Waals surface area contributed by atoms with Crippen LogP contribution in [0, 0.1) is 12.7 Å². The first-order valence-corrected chi connectivity index (χ1v) is 10.8. The molecule has 0 saturated carbocycles. The summed E-state index contributed by atoms with van der Waals surface area (Å²) in [6, 6.07) is 12.6. The van der Waals surface area contributed by atoms with Crippen LogP contribution in [-0.2, 0) is 6.54 Å². The van der Waals surface area contributed by atoms with E-state index >= 15 is 0 Å². The van der Waals surface area contributed by atoms with E-state index in [-0.39, 0.29) is 11.7 Å². The number of benzene rings is 2. The molecule has 3 heterocycles. The van der Waals surface area contributed by atoms with Crippen molar-refractivity contribution in [1.29, 1.82) is 0 Å². The third-order valence-corrected chi connectivity index (χ3v) is 5.82. The predicted octanol–water partition coefficient (Wildman–Crippen LogP) is 4.98. The molecule has 7 nitrogen and oxygen atoms in total. The topological polar surface area (TPSA) is 69.8 Å². The van der Waals surface area contributed by atoms with E-state index in [4.69, 9.17) is 14.8 Å². The van der Waals surface area contributed by atoms with Crippen LogP contribution < -0.4 is 10.1 Å². The summed E-state index contributed by atoms with van der Waals surface area (Å²) in [4.78, 5) is 9.11. The standard InChI is InChI=1S/C24H25FN6O/c1-16-14-30(15-26-16)21-11-10-19(13-22(21)32-2)27-24-28-23-20(5-3-4-12-31(23)29-24)17-6-8-18(25)9-7-17/h6-11,13-15,20H,3-5,12H2,1-2H3,(H,27,29)/t20-/m1/s1. The van der Waals surface area contributed by atoms with Crippen molar-refractivity contribution in [1.82, 2.24) is 24.3 Å². The van der Waals surface area contributed by atoms with E-state index in [1.54, 1.807) is 13.4 Å². The molecule has 5 rings (SSSR count). The van der Waals surface area contributed by atoms with Crippen molar-refractivity contribution in [3.8, 4) is 11.4 Å². The fraction of sp³-hybridized carbons (Fsp3) is 0.292. The van der Waals surface area contributed by atoms with Crippen molar-refractivity contribution in [3.05, 3.63) is 77.9 Å². The Balaban J connectivity index is 1.43. The minimum absolute atomic E-state index is 0.0996. The molecule has 0 radical (unpaired) electrons. The Labute approximate surface area is 185 Å². The summed E-state index contributed by atoms with van der Waals surface area (Å²) in [5, 5.41) is 8.02. The maximum atomic E-state index is 13.4. The fourth-order valence-corrected chi connectivity index (χ4v) is 4.23. The highest BCUT2D eigenvalue weighted by molar-refractivity contribution is 5.62. The van der Waals surface area contributed by atoms with E-state index in [0.717, 1.165) is 60.0 Å². The lowest BCUT2D eigenvalue weighted by Crippen LogP contribution is -2.08. The summed E-state index contributed by atoms with van der Waals surface area (Å²) in [6.07, 6.45) is 6.82. The second-order valence-electron chi connectivity index (χ2n) is 8.05. The van der Waals surface area contributed by atoms with Gasteiger partial charge in [-0.3, -0.25) is 0 Å². The Morgan fingerprint density at radius 2 is 1.97 bits per heavy atom. The average molecular weight is 433 g/mol. The first-order chi connectivity index (χ1) is 15.6. The van der Waals surface area contributed by atoms with Crippen LogP contribution in [0.1, 0.15) is 42.3 Å². The molecule has 0 spiro atoms. The number of imidazole rings is 1. The number of halogens is 1. The minimum Gasteiger partial charge on any atom is -0.494 e. The van der Waals surface area contributed by atoms with Crippen molar-refractivity contribution in [2.75, 3.05) is 12.4 Å². The van der Waals surface area contributed by atoms with Gasteiger partial charge in [0.15, 0.2) is 0 Å². The first-order valence-electron chi connectivity index (χ1n) is 10.8. The highest BCUT2D eigenvalue weighted by Gasteiger charge is 2.24. The molecule has 1 atom stereocenters. The van der Waals surface area contributed by atoms with Gasteiger partial charge in [-0.25, -0.2) is 14.1 Å². The molecule has 2 aromatic heterocycles. The summed E-state index contributed by atoms with van der Waals surface area (Å²) < 4.78 is 22.9. The zero-order valence-electron chi connectivity index (χ0n) is 18.1. The van der Waals surface area contributed by atoms with Gasteiger partial charge in [0.05, 0.1) is 24.8 Å². The van der Waals surface area contributed by atoms with Gasteiger partial charge in [-0.05, 0) is 49.6 Å². The lowest BCUT2D eigenvalue weighted by atomic mass is 9.93. The second-order valence-corrected chi connectivity index (χ2v) is 8.05. The number of hydrogen-bond acceptors (Lipinski definition) is 5.